The first-order chi connectivity index (χ1) is 15.4. The predicted octanol–water partition coefficient (Wildman–Crippen LogP) is 4.35. The molecule has 32 heavy (non-hydrogen) atoms. The number of likely N-dealkylation sites (tertiary alicyclic amines) is 1. The molecule has 1 unspecified atom stereocenters. The molecule has 9 heteroatoms. The zero-order chi connectivity index (χ0) is 22.7. The van der Waals surface area contributed by atoms with Crippen molar-refractivity contribution in [1.82, 2.24) is 24.8 Å². The zero-order valence-corrected chi connectivity index (χ0v) is 18.6. The van der Waals surface area contributed by atoms with Crippen LogP contribution in [0.5, 0.6) is 5.88 Å². The van der Waals surface area contributed by atoms with Gasteiger partial charge in [0.15, 0.2) is 11.6 Å². The molecule has 4 heterocycles. The van der Waals surface area contributed by atoms with Gasteiger partial charge in [-0.05, 0) is 49.9 Å². The number of carbonyl (C=O) groups excluding carboxylic acids is 1. The number of piperidine rings is 1. The van der Waals surface area contributed by atoms with E-state index < -0.39 is 5.82 Å². The minimum atomic E-state index is -0.636. The van der Waals surface area contributed by atoms with Crippen molar-refractivity contribution in [1.29, 1.82) is 0 Å². The van der Waals surface area contributed by atoms with Gasteiger partial charge in [-0.1, -0.05) is 18.5 Å². The van der Waals surface area contributed by atoms with Crippen molar-refractivity contribution in [2.75, 3.05) is 13.2 Å². The second-order valence-corrected chi connectivity index (χ2v) is 8.39. The molecule has 1 saturated heterocycles. The molecule has 1 amide bonds. The van der Waals surface area contributed by atoms with E-state index in [1.807, 2.05) is 19.1 Å². The number of aromatic nitrogens is 4. The van der Waals surface area contributed by atoms with Gasteiger partial charge in [-0.2, -0.15) is 0 Å². The monoisotopic (exact) mass is 455 g/mol. The summed E-state index contributed by atoms with van der Waals surface area (Å²) in [5, 5.41) is 0.194. The first kappa shape index (κ1) is 22.1. The second-order valence-electron chi connectivity index (χ2n) is 7.95. The van der Waals surface area contributed by atoms with E-state index in [0.717, 1.165) is 24.6 Å². The minimum Gasteiger partial charge on any atom is -0.473 e. The maximum Gasteiger partial charge on any atom is 0.273 e. The molecule has 1 fully saturated rings. The largest absolute Gasteiger partial charge is 0.473 e. The van der Waals surface area contributed by atoms with Crippen LogP contribution in [0.15, 0.2) is 42.9 Å². The van der Waals surface area contributed by atoms with Crippen molar-refractivity contribution in [3.05, 3.63) is 65.1 Å². The van der Waals surface area contributed by atoms with E-state index >= 15 is 0 Å². The summed E-state index contributed by atoms with van der Waals surface area (Å²) < 4.78 is 19.8. The average molecular weight is 456 g/mol. The number of nitrogens with zero attached hydrogens (tertiary/aromatic N) is 5. The Morgan fingerprint density at radius 2 is 2.06 bits per heavy atom. The molecule has 0 bridgehead atoms. The van der Waals surface area contributed by atoms with Crippen molar-refractivity contribution in [3.63, 3.8) is 0 Å². The molecule has 0 saturated carbocycles. The summed E-state index contributed by atoms with van der Waals surface area (Å²) in [5.41, 5.74) is 1.59. The normalized spacial score (nSPS) is 18.4. The molecule has 0 spiro atoms. The molecule has 0 aromatic carbocycles. The van der Waals surface area contributed by atoms with Gasteiger partial charge in [0.25, 0.3) is 11.8 Å². The van der Waals surface area contributed by atoms with Crippen LogP contribution in [0.4, 0.5) is 4.39 Å². The van der Waals surface area contributed by atoms with E-state index in [2.05, 4.69) is 26.9 Å². The van der Waals surface area contributed by atoms with Crippen molar-refractivity contribution >= 4 is 17.5 Å². The number of ether oxygens (including phenoxy) is 1. The Morgan fingerprint density at radius 3 is 2.81 bits per heavy atom. The van der Waals surface area contributed by atoms with Crippen LogP contribution in [0.1, 0.15) is 35.9 Å². The summed E-state index contributed by atoms with van der Waals surface area (Å²) in [6.07, 6.45) is 6.17. The summed E-state index contributed by atoms with van der Waals surface area (Å²) in [6, 6.07) is 6.26. The molecule has 0 aliphatic carbocycles. The first-order valence-electron chi connectivity index (χ1n) is 10.4. The summed E-state index contributed by atoms with van der Waals surface area (Å²) in [6.45, 7) is 4.63. The Labute approximate surface area is 190 Å². The van der Waals surface area contributed by atoms with E-state index in [9.17, 15) is 9.18 Å². The number of rotatable bonds is 5. The molecule has 1 aliphatic heterocycles. The van der Waals surface area contributed by atoms with E-state index in [-0.39, 0.29) is 29.5 Å². The van der Waals surface area contributed by atoms with Crippen LogP contribution in [0.2, 0.25) is 5.02 Å². The van der Waals surface area contributed by atoms with Gasteiger partial charge >= 0.3 is 0 Å². The lowest BCUT2D eigenvalue weighted by molar-refractivity contribution is 0.0446. The van der Waals surface area contributed by atoms with Gasteiger partial charge < -0.3 is 9.64 Å². The molecule has 166 valence electrons. The highest BCUT2D eigenvalue weighted by Crippen LogP contribution is 2.28. The van der Waals surface area contributed by atoms with Gasteiger partial charge in [-0.3, -0.25) is 4.79 Å². The molecule has 3 aromatic heterocycles. The third-order valence-electron chi connectivity index (χ3n) is 5.47. The standard InChI is InChI=1S/C23H23ClFN5O2/c1-14-6-9-30(17(10-14)13-32-22-19(25)11-16(24)12-28-22)23(31)20-18(5-4-15(2)29-20)21-26-7-3-8-27-21/h3-5,7-8,11-12,14,17H,6,9-10,13H2,1-2H3/t14-,17?/m0/s1. The van der Waals surface area contributed by atoms with Gasteiger partial charge in [0.1, 0.15) is 12.3 Å². The van der Waals surface area contributed by atoms with Crippen LogP contribution in [-0.4, -0.2) is 49.9 Å². The summed E-state index contributed by atoms with van der Waals surface area (Å²) >= 11 is 5.77. The van der Waals surface area contributed by atoms with Gasteiger partial charge in [0.2, 0.25) is 0 Å². The Hall–Kier alpha value is -3.13. The van der Waals surface area contributed by atoms with Crippen LogP contribution in [-0.2, 0) is 0 Å². The van der Waals surface area contributed by atoms with E-state index in [0.29, 0.717) is 29.5 Å². The van der Waals surface area contributed by atoms with Crippen molar-refractivity contribution in [2.45, 2.75) is 32.7 Å². The van der Waals surface area contributed by atoms with Crippen LogP contribution in [0.3, 0.4) is 0 Å². The second kappa shape index (κ2) is 9.56. The first-order valence-corrected chi connectivity index (χ1v) is 10.8. The lowest BCUT2D eigenvalue weighted by atomic mass is 9.92. The lowest BCUT2D eigenvalue weighted by Crippen LogP contribution is -2.49. The van der Waals surface area contributed by atoms with Crippen LogP contribution >= 0.6 is 11.6 Å². The maximum absolute atomic E-state index is 14.1. The molecule has 0 radical (unpaired) electrons. The molecular weight excluding hydrogens is 433 g/mol. The van der Waals surface area contributed by atoms with Crippen molar-refractivity contribution in [2.24, 2.45) is 5.92 Å². The molecular formula is C23H23ClFN5O2. The molecule has 1 aliphatic rings. The molecule has 2 atom stereocenters. The van der Waals surface area contributed by atoms with Gasteiger partial charge in [0, 0.05) is 30.8 Å². The highest BCUT2D eigenvalue weighted by molar-refractivity contribution is 6.30. The van der Waals surface area contributed by atoms with Crippen LogP contribution < -0.4 is 4.74 Å². The fourth-order valence-electron chi connectivity index (χ4n) is 3.83. The number of hydrogen-bond donors (Lipinski definition) is 0. The maximum atomic E-state index is 14.1. The van der Waals surface area contributed by atoms with Crippen LogP contribution in [0, 0.1) is 18.7 Å². The van der Waals surface area contributed by atoms with E-state index in [4.69, 9.17) is 16.3 Å². The molecule has 3 aromatic rings. The van der Waals surface area contributed by atoms with E-state index in [1.165, 1.54) is 6.20 Å². The number of amides is 1. The highest BCUT2D eigenvalue weighted by Gasteiger charge is 2.33. The highest BCUT2D eigenvalue weighted by atomic mass is 35.5. The summed E-state index contributed by atoms with van der Waals surface area (Å²) in [4.78, 5) is 32.4. The molecule has 0 N–H and O–H groups in total. The predicted molar refractivity (Wildman–Crippen MR) is 118 cm³/mol. The van der Waals surface area contributed by atoms with Crippen LogP contribution in [0.25, 0.3) is 11.4 Å². The SMILES string of the molecule is Cc1ccc(-c2ncccn2)c(C(=O)N2CC[C@H](C)CC2COc2ncc(Cl)cc2F)n1. The Morgan fingerprint density at radius 1 is 1.28 bits per heavy atom. The van der Waals surface area contributed by atoms with Gasteiger partial charge in [-0.15, -0.1) is 0 Å². The Kier molecular flexibility index (Phi) is 6.60. The topological polar surface area (TPSA) is 81.1 Å². The van der Waals surface area contributed by atoms with Gasteiger partial charge in [0.05, 0.1) is 16.6 Å². The van der Waals surface area contributed by atoms with Crippen molar-refractivity contribution in [3.8, 4) is 17.3 Å². The van der Waals surface area contributed by atoms with Crippen molar-refractivity contribution < 1.29 is 13.9 Å². The summed E-state index contributed by atoms with van der Waals surface area (Å²) in [5.74, 6) is -0.150. The minimum absolute atomic E-state index is 0.116. The fraction of sp³-hybridized carbons (Fsp3) is 0.348. The zero-order valence-electron chi connectivity index (χ0n) is 17.8. The number of pyridine rings is 2. The number of hydrogen-bond acceptors (Lipinski definition) is 6. The Bertz CT molecular complexity index is 1110. The summed E-state index contributed by atoms with van der Waals surface area (Å²) in [7, 11) is 0. The quantitative estimate of drug-likeness (QED) is 0.568. The third-order valence-corrected chi connectivity index (χ3v) is 5.68. The number of carbonyl (C=O) groups is 1. The average Bonchev–Trinajstić information content (AvgIpc) is 2.79. The molecule has 7 nitrogen and oxygen atoms in total. The smallest absolute Gasteiger partial charge is 0.273 e. The number of halogens is 2. The molecule has 4 rings (SSSR count). The Balaban J connectivity index is 1.61. The third kappa shape index (κ3) is 4.85. The van der Waals surface area contributed by atoms with Gasteiger partial charge in [-0.25, -0.2) is 24.3 Å². The number of aryl methyl sites for hydroxylation is 1. The van der Waals surface area contributed by atoms with E-state index in [1.54, 1.807) is 23.4 Å². The fourth-order valence-corrected chi connectivity index (χ4v) is 3.98. The lowest BCUT2D eigenvalue weighted by Gasteiger charge is -2.38.